The minimum Gasteiger partial charge on any atom is -0.376 e. The van der Waals surface area contributed by atoms with Crippen LogP contribution in [0.2, 0.25) is 0 Å². The first-order chi connectivity index (χ1) is 8.91. The fraction of sp³-hybridized carbons (Fsp3) is 0.875. The zero-order valence-corrected chi connectivity index (χ0v) is 13.4. The van der Waals surface area contributed by atoms with Gasteiger partial charge in [-0.05, 0) is 18.8 Å². The monoisotopic (exact) mass is 268 g/mol. The second kappa shape index (κ2) is 8.03. The Bertz CT molecular complexity index is 276. The van der Waals surface area contributed by atoms with Crippen molar-refractivity contribution in [2.24, 2.45) is 11.8 Å². The van der Waals surface area contributed by atoms with E-state index in [4.69, 9.17) is 4.74 Å². The average molecular weight is 268 g/mol. The highest BCUT2D eigenvalue weighted by Gasteiger charge is 2.30. The molecule has 3 heteroatoms. The molecule has 0 aromatic carbocycles. The van der Waals surface area contributed by atoms with Gasteiger partial charge in [0.05, 0.1) is 13.2 Å². The minimum absolute atomic E-state index is 0.608. The maximum atomic E-state index is 5.66. The zero-order chi connectivity index (χ0) is 14.4. The van der Waals surface area contributed by atoms with E-state index in [0.717, 1.165) is 31.8 Å². The minimum atomic E-state index is 0.608. The van der Waals surface area contributed by atoms with Gasteiger partial charge in [-0.25, -0.2) is 0 Å². The Morgan fingerprint density at radius 3 is 2.53 bits per heavy atom. The second-order valence-corrected chi connectivity index (χ2v) is 6.57. The van der Waals surface area contributed by atoms with E-state index in [1.54, 1.807) is 0 Å². The van der Waals surface area contributed by atoms with Gasteiger partial charge in [-0.3, -0.25) is 4.90 Å². The van der Waals surface area contributed by atoms with Crippen LogP contribution in [0.5, 0.6) is 0 Å². The Morgan fingerprint density at radius 1 is 1.32 bits per heavy atom. The van der Waals surface area contributed by atoms with Gasteiger partial charge in [0.15, 0.2) is 0 Å². The molecule has 1 aliphatic rings. The molecule has 0 aliphatic carbocycles. The normalized spacial score (nSPS) is 25.2. The highest BCUT2D eigenvalue weighted by molar-refractivity contribution is 4.90. The van der Waals surface area contributed by atoms with E-state index in [1.807, 2.05) is 6.92 Å². The molecular formula is C16H32N2O. The largest absolute Gasteiger partial charge is 0.376 e. The Morgan fingerprint density at radius 2 is 2.00 bits per heavy atom. The van der Waals surface area contributed by atoms with Crippen LogP contribution in [0, 0.1) is 11.8 Å². The van der Waals surface area contributed by atoms with Gasteiger partial charge >= 0.3 is 0 Å². The van der Waals surface area contributed by atoms with E-state index >= 15 is 0 Å². The third kappa shape index (κ3) is 5.64. The van der Waals surface area contributed by atoms with Gasteiger partial charge in [-0.1, -0.05) is 39.8 Å². The molecule has 0 radical (unpaired) electrons. The Balaban J connectivity index is 2.45. The summed E-state index contributed by atoms with van der Waals surface area (Å²) < 4.78 is 5.66. The quantitative estimate of drug-likeness (QED) is 0.567. The summed E-state index contributed by atoms with van der Waals surface area (Å²) in [5, 5.41) is 3.69. The topological polar surface area (TPSA) is 24.5 Å². The fourth-order valence-electron chi connectivity index (χ4n) is 2.64. The van der Waals surface area contributed by atoms with Crippen molar-refractivity contribution in [1.29, 1.82) is 0 Å². The lowest BCUT2D eigenvalue weighted by Crippen LogP contribution is -2.60. The van der Waals surface area contributed by atoms with Crippen molar-refractivity contribution in [2.45, 2.75) is 46.7 Å². The average Bonchev–Trinajstić information content (AvgIpc) is 2.33. The van der Waals surface area contributed by atoms with Crippen LogP contribution >= 0.6 is 0 Å². The fourth-order valence-corrected chi connectivity index (χ4v) is 2.64. The van der Waals surface area contributed by atoms with Crippen molar-refractivity contribution in [3.05, 3.63) is 12.2 Å². The molecule has 0 bridgehead atoms. The summed E-state index contributed by atoms with van der Waals surface area (Å²) >= 11 is 0. The molecule has 2 unspecified atom stereocenters. The van der Waals surface area contributed by atoms with E-state index in [2.05, 4.69) is 44.5 Å². The van der Waals surface area contributed by atoms with Gasteiger partial charge in [0.2, 0.25) is 0 Å². The van der Waals surface area contributed by atoms with E-state index in [1.165, 1.54) is 0 Å². The lowest BCUT2D eigenvalue weighted by molar-refractivity contribution is 0.0490. The van der Waals surface area contributed by atoms with Gasteiger partial charge in [0, 0.05) is 31.7 Å². The summed E-state index contributed by atoms with van der Waals surface area (Å²) in [6.07, 6.45) is 0. The molecular weight excluding hydrogens is 236 g/mol. The molecule has 1 aliphatic heterocycles. The Kier molecular flexibility index (Phi) is 7.05. The molecule has 0 spiro atoms. The highest BCUT2D eigenvalue weighted by Crippen LogP contribution is 2.18. The van der Waals surface area contributed by atoms with Crippen LogP contribution in [0.3, 0.4) is 0 Å². The van der Waals surface area contributed by atoms with Crippen molar-refractivity contribution in [1.82, 2.24) is 10.2 Å². The Labute approximate surface area is 119 Å². The van der Waals surface area contributed by atoms with Crippen LogP contribution in [-0.2, 0) is 4.74 Å². The maximum Gasteiger partial charge on any atom is 0.0672 e. The summed E-state index contributed by atoms with van der Waals surface area (Å²) in [4.78, 5) is 2.60. The van der Waals surface area contributed by atoms with Crippen LogP contribution in [0.1, 0.15) is 34.6 Å². The molecule has 0 saturated carbocycles. The lowest BCUT2D eigenvalue weighted by atomic mass is 9.94. The van der Waals surface area contributed by atoms with Crippen LogP contribution < -0.4 is 5.32 Å². The Hall–Kier alpha value is -0.380. The third-order valence-corrected chi connectivity index (χ3v) is 3.93. The van der Waals surface area contributed by atoms with Gasteiger partial charge in [0.1, 0.15) is 0 Å². The van der Waals surface area contributed by atoms with Gasteiger partial charge < -0.3 is 10.1 Å². The van der Waals surface area contributed by atoms with E-state index in [-0.39, 0.29) is 0 Å². The molecule has 0 aromatic heterocycles. The summed E-state index contributed by atoms with van der Waals surface area (Å²) in [5.74, 6) is 1.37. The molecule has 1 fully saturated rings. The molecule has 112 valence electrons. The van der Waals surface area contributed by atoms with Crippen molar-refractivity contribution in [3.8, 4) is 0 Å². The third-order valence-electron chi connectivity index (χ3n) is 3.93. The number of ether oxygens (including phenoxy) is 1. The molecule has 1 rings (SSSR count). The second-order valence-electron chi connectivity index (χ2n) is 6.57. The van der Waals surface area contributed by atoms with E-state index in [9.17, 15) is 0 Å². The van der Waals surface area contributed by atoms with Crippen molar-refractivity contribution in [2.75, 3.05) is 32.8 Å². The van der Waals surface area contributed by atoms with Gasteiger partial charge in [-0.15, -0.1) is 0 Å². The van der Waals surface area contributed by atoms with Crippen molar-refractivity contribution in [3.63, 3.8) is 0 Å². The standard InChI is InChI=1S/C16H32N2O/c1-12(2)11-19-8-7-18-10-15(13(3)4)17-9-16(18)14(5)6/h13-17H,1,7-11H2,2-6H3. The smallest absolute Gasteiger partial charge is 0.0672 e. The number of rotatable bonds is 7. The molecule has 1 saturated heterocycles. The number of piperazine rings is 1. The predicted molar refractivity (Wildman–Crippen MR) is 82.5 cm³/mol. The van der Waals surface area contributed by atoms with E-state index in [0.29, 0.717) is 30.5 Å². The summed E-state index contributed by atoms with van der Waals surface area (Å²) in [6, 6.07) is 1.24. The van der Waals surface area contributed by atoms with Crippen LogP contribution in [-0.4, -0.2) is 49.8 Å². The first kappa shape index (κ1) is 16.7. The first-order valence-corrected chi connectivity index (χ1v) is 7.61. The first-order valence-electron chi connectivity index (χ1n) is 7.61. The number of hydrogen-bond donors (Lipinski definition) is 1. The number of nitrogens with zero attached hydrogens (tertiary/aromatic N) is 1. The van der Waals surface area contributed by atoms with Gasteiger partial charge in [-0.2, -0.15) is 0 Å². The van der Waals surface area contributed by atoms with Crippen LogP contribution in [0.25, 0.3) is 0 Å². The SMILES string of the molecule is C=C(C)COCCN1CC(C(C)C)NCC1C(C)C. The summed E-state index contributed by atoms with van der Waals surface area (Å²) in [7, 11) is 0. The molecule has 1 N–H and O–H groups in total. The zero-order valence-electron chi connectivity index (χ0n) is 13.4. The summed E-state index contributed by atoms with van der Waals surface area (Å²) in [5.41, 5.74) is 1.10. The van der Waals surface area contributed by atoms with Crippen LogP contribution in [0.4, 0.5) is 0 Å². The van der Waals surface area contributed by atoms with Gasteiger partial charge in [0.25, 0.3) is 0 Å². The number of hydrogen-bond acceptors (Lipinski definition) is 3. The van der Waals surface area contributed by atoms with Crippen molar-refractivity contribution >= 4 is 0 Å². The molecule has 3 nitrogen and oxygen atoms in total. The molecule has 0 aromatic rings. The molecule has 19 heavy (non-hydrogen) atoms. The predicted octanol–water partition coefficient (Wildman–Crippen LogP) is 2.53. The highest BCUT2D eigenvalue weighted by atomic mass is 16.5. The lowest BCUT2D eigenvalue weighted by Gasteiger charge is -2.43. The summed E-state index contributed by atoms with van der Waals surface area (Å²) in [6.45, 7) is 19.8. The van der Waals surface area contributed by atoms with Crippen LogP contribution in [0.15, 0.2) is 12.2 Å². The van der Waals surface area contributed by atoms with E-state index < -0.39 is 0 Å². The molecule has 0 amide bonds. The van der Waals surface area contributed by atoms with Crippen molar-refractivity contribution < 1.29 is 4.74 Å². The maximum absolute atomic E-state index is 5.66. The molecule has 1 heterocycles. The number of nitrogens with one attached hydrogen (secondary N) is 1. The molecule has 2 atom stereocenters.